The second kappa shape index (κ2) is 6.23. The fourth-order valence-corrected chi connectivity index (χ4v) is 2.69. The Morgan fingerprint density at radius 1 is 1.22 bits per heavy atom. The van der Waals surface area contributed by atoms with Crippen molar-refractivity contribution in [2.45, 2.75) is 38.6 Å². The second-order valence-electron chi connectivity index (χ2n) is 5.04. The number of para-hydroxylation sites is 1. The van der Waals surface area contributed by atoms with Crippen molar-refractivity contribution in [1.82, 2.24) is 5.32 Å². The van der Waals surface area contributed by atoms with Crippen LogP contribution < -0.4 is 10.6 Å². The lowest BCUT2D eigenvalue weighted by Crippen LogP contribution is -2.39. The first-order valence-electron chi connectivity index (χ1n) is 6.47. The van der Waals surface area contributed by atoms with E-state index in [1.54, 1.807) is 0 Å². The first-order chi connectivity index (χ1) is 8.65. The minimum Gasteiger partial charge on any atom is -0.335 e. The molecule has 1 aromatic carbocycles. The Balaban J connectivity index is 1.84. The predicted molar refractivity (Wildman–Crippen MR) is 77.7 cm³/mol. The van der Waals surface area contributed by atoms with Crippen molar-refractivity contribution in [2.75, 3.05) is 5.32 Å². The van der Waals surface area contributed by atoms with Gasteiger partial charge in [-0.3, -0.25) is 0 Å². The summed E-state index contributed by atoms with van der Waals surface area (Å²) in [6.45, 7) is 2.28. The van der Waals surface area contributed by atoms with Gasteiger partial charge in [-0.25, -0.2) is 4.79 Å². The summed E-state index contributed by atoms with van der Waals surface area (Å²) in [4.78, 5) is 11.9. The molecule has 1 aliphatic rings. The van der Waals surface area contributed by atoms with Crippen LogP contribution in [-0.4, -0.2) is 12.1 Å². The SMILES string of the molecule is CC1CCC(NC(=O)Nc2ccccc2Br)CC1. The molecular weight excluding hydrogens is 292 g/mol. The van der Waals surface area contributed by atoms with Crippen LogP contribution in [0.2, 0.25) is 0 Å². The zero-order valence-corrected chi connectivity index (χ0v) is 12.2. The molecule has 2 amide bonds. The number of hydrogen-bond donors (Lipinski definition) is 2. The van der Waals surface area contributed by atoms with Crippen molar-refractivity contribution < 1.29 is 4.79 Å². The smallest absolute Gasteiger partial charge is 0.319 e. The number of rotatable bonds is 2. The molecule has 0 atom stereocenters. The molecule has 0 aliphatic heterocycles. The molecule has 0 heterocycles. The quantitative estimate of drug-likeness (QED) is 0.846. The van der Waals surface area contributed by atoms with Crippen molar-refractivity contribution in [1.29, 1.82) is 0 Å². The Morgan fingerprint density at radius 2 is 1.89 bits per heavy atom. The molecule has 2 rings (SSSR count). The molecule has 0 saturated heterocycles. The molecule has 0 bridgehead atoms. The number of amides is 2. The summed E-state index contributed by atoms with van der Waals surface area (Å²) in [5, 5.41) is 5.92. The number of anilines is 1. The summed E-state index contributed by atoms with van der Waals surface area (Å²) in [6.07, 6.45) is 4.59. The van der Waals surface area contributed by atoms with Gasteiger partial charge in [0, 0.05) is 10.5 Å². The third-order valence-corrected chi connectivity index (χ3v) is 4.16. The van der Waals surface area contributed by atoms with Gasteiger partial charge in [0.1, 0.15) is 0 Å². The summed E-state index contributed by atoms with van der Waals surface area (Å²) in [5.41, 5.74) is 0.805. The van der Waals surface area contributed by atoms with Crippen molar-refractivity contribution in [3.8, 4) is 0 Å². The summed E-state index contributed by atoms with van der Waals surface area (Å²) in [5.74, 6) is 0.800. The lowest BCUT2D eigenvalue weighted by molar-refractivity contribution is 0.239. The first-order valence-corrected chi connectivity index (χ1v) is 7.26. The zero-order chi connectivity index (χ0) is 13.0. The van der Waals surface area contributed by atoms with E-state index in [-0.39, 0.29) is 6.03 Å². The van der Waals surface area contributed by atoms with E-state index in [1.807, 2.05) is 24.3 Å². The Hall–Kier alpha value is -1.03. The van der Waals surface area contributed by atoms with E-state index >= 15 is 0 Å². The summed E-state index contributed by atoms with van der Waals surface area (Å²) in [6, 6.07) is 7.84. The lowest BCUT2D eigenvalue weighted by atomic mass is 9.87. The van der Waals surface area contributed by atoms with Crippen LogP contribution in [0.3, 0.4) is 0 Å². The maximum Gasteiger partial charge on any atom is 0.319 e. The van der Waals surface area contributed by atoms with Crippen LogP contribution in [0.4, 0.5) is 10.5 Å². The Kier molecular flexibility index (Phi) is 4.64. The van der Waals surface area contributed by atoms with Crippen LogP contribution in [0.5, 0.6) is 0 Å². The first kappa shape index (κ1) is 13.4. The third kappa shape index (κ3) is 3.73. The Morgan fingerprint density at radius 3 is 2.56 bits per heavy atom. The van der Waals surface area contributed by atoms with Crippen LogP contribution in [0, 0.1) is 5.92 Å². The summed E-state index contributed by atoms with van der Waals surface area (Å²) >= 11 is 3.42. The number of benzene rings is 1. The van der Waals surface area contributed by atoms with Gasteiger partial charge in [-0.1, -0.05) is 19.1 Å². The molecule has 1 aliphatic carbocycles. The fraction of sp³-hybridized carbons (Fsp3) is 0.500. The monoisotopic (exact) mass is 310 g/mol. The molecule has 1 fully saturated rings. The standard InChI is InChI=1S/C14H19BrN2O/c1-10-6-8-11(9-7-10)16-14(18)17-13-5-3-2-4-12(13)15/h2-5,10-11H,6-9H2,1H3,(H2,16,17,18). The van der Waals surface area contributed by atoms with Crippen molar-refractivity contribution >= 4 is 27.6 Å². The number of carbonyl (C=O) groups is 1. The Bertz CT molecular complexity index is 414. The van der Waals surface area contributed by atoms with E-state index < -0.39 is 0 Å². The van der Waals surface area contributed by atoms with Crippen LogP contribution in [-0.2, 0) is 0 Å². The third-order valence-electron chi connectivity index (χ3n) is 3.47. The summed E-state index contributed by atoms with van der Waals surface area (Å²) in [7, 11) is 0. The van der Waals surface area contributed by atoms with Crippen LogP contribution in [0.15, 0.2) is 28.7 Å². The highest BCUT2D eigenvalue weighted by Gasteiger charge is 2.19. The molecule has 2 N–H and O–H groups in total. The van der Waals surface area contributed by atoms with E-state index in [0.717, 1.165) is 28.9 Å². The summed E-state index contributed by atoms with van der Waals surface area (Å²) < 4.78 is 0.900. The molecule has 3 nitrogen and oxygen atoms in total. The highest BCUT2D eigenvalue weighted by Crippen LogP contribution is 2.24. The van der Waals surface area contributed by atoms with Crippen LogP contribution in [0.25, 0.3) is 0 Å². The normalized spacial score (nSPS) is 23.4. The van der Waals surface area contributed by atoms with Gasteiger partial charge < -0.3 is 10.6 Å². The van der Waals surface area contributed by atoms with Gasteiger partial charge in [0.05, 0.1) is 5.69 Å². The topological polar surface area (TPSA) is 41.1 Å². The van der Waals surface area contributed by atoms with Gasteiger partial charge in [0.15, 0.2) is 0 Å². The second-order valence-corrected chi connectivity index (χ2v) is 5.89. The number of halogens is 1. The van der Waals surface area contributed by atoms with Crippen molar-refractivity contribution in [3.05, 3.63) is 28.7 Å². The van der Waals surface area contributed by atoms with Gasteiger partial charge in [-0.15, -0.1) is 0 Å². The molecule has 0 unspecified atom stereocenters. The van der Waals surface area contributed by atoms with E-state index in [9.17, 15) is 4.79 Å². The predicted octanol–water partition coefficient (Wildman–Crippen LogP) is 4.15. The van der Waals surface area contributed by atoms with E-state index in [1.165, 1.54) is 12.8 Å². The average molecular weight is 311 g/mol. The van der Waals surface area contributed by atoms with Gasteiger partial charge in [-0.2, -0.15) is 0 Å². The van der Waals surface area contributed by atoms with Gasteiger partial charge in [-0.05, 0) is 59.7 Å². The van der Waals surface area contributed by atoms with Crippen LogP contribution in [0.1, 0.15) is 32.6 Å². The molecule has 0 radical (unpaired) electrons. The molecule has 0 spiro atoms. The lowest BCUT2D eigenvalue weighted by Gasteiger charge is -2.27. The number of carbonyl (C=O) groups excluding carboxylic acids is 1. The van der Waals surface area contributed by atoms with Gasteiger partial charge >= 0.3 is 6.03 Å². The fourth-order valence-electron chi connectivity index (χ4n) is 2.31. The minimum absolute atomic E-state index is 0.110. The molecule has 18 heavy (non-hydrogen) atoms. The zero-order valence-electron chi connectivity index (χ0n) is 10.6. The number of hydrogen-bond acceptors (Lipinski definition) is 1. The molecule has 0 aromatic heterocycles. The number of urea groups is 1. The van der Waals surface area contributed by atoms with Crippen molar-refractivity contribution in [2.24, 2.45) is 5.92 Å². The molecule has 4 heteroatoms. The number of nitrogens with one attached hydrogen (secondary N) is 2. The van der Waals surface area contributed by atoms with Crippen molar-refractivity contribution in [3.63, 3.8) is 0 Å². The van der Waals surface area contributed by atoms with Gasteiger partial charge in [0.2, 0.25) is 0 Å². The highest BCUT2D eigenvalue weighted by molar-refractivity contribution is 9.10. The van der Waals surface area contributed by atoms with E-state index in [2.05, 4.69) is 33.5 Å². The van der Waals surface area contributed by atoms with E-state index in [0.29, 0.717) is 6.04 Å². The van der Waals surface area contributed by atoms with Gasteiger partial charge in [0.25, 0.3) is 0 Å². The largest absolute Gasteiger partial charge is 0.335 e. The molecule has 1 saturated carbocycles. The highest BCUT2D eigenvalue weighted by atomic mass is 79.9. The maximum atomic E-state index is 11.9. The van der Waals surface area contributed by atoms with E-state index in [4.69, 9.17) is 0 Å². The molecule has 98 valence electrons. The minimum atomic E-state index is -0.110. The average Bonchev–Trinajstić information content (AvgIpc) is 2.35. The maximum absolute atomic E-state index is 11.9. The molecule has 1 aromatic rings. The molecular formula is C14H19BrN2O. The van der Waals surface area contributed by atoms with Crippen LogP contribution >= 0.6 is 15.9 Å². The Labute approximate surface area is 116 Å².